The molecule has 1 amide bonds. The molecule has 38 heavy (non-hydrogen) atoms. The van der Waals surface area contributed by atoms with Crippen LogP contribution >= 0.6 is 0 Å². The molecular weight excluding hydrogens is 474 g/mol. The minimum absolute atomic E-state index is 0.126. The minimum atomic E-state index is -0.590. The average molecular weight is 516 g/mol. The van der Waals surface area contributed by atoms with E-state index in [0.717, 1.165) is 55.5 Å². The molecule has 0 bridgehead atoms. The van der Waals surface area contributed by atoms with Crippen molar-refractivity contribution in [3.63, 3.8) is 0 Å². The number of aliphatic hydroxyl groups is 1. The van der Waals surface area contributed by atoms with E-state index in [9.17, 15) is 9.90 Å². The highest BCUT2D eigenvalue weighted by Crippen LogP contribution is 2.42. The van der Waals surface area contributed by atoms with Crippen molar-refractivity contribution in [2.75, 3.05) is 6.54 Å². The monoisotopic (exact) mass is 515 g/mol. The maximum Gasteiger partial charge on any atom is 0.230 e. The Hall–Kier alpha value is -2.93. The fraction of sp³-hybridized carbons (Fsp3) is 0.581. The Bertz CT molecular complexity index is 1240. The van der Waals surface area contributed by atoms with Crippen LogP contribution in [-0.2, 0) is 16.8 Å². The first kappa shape index (κ1) is 25.4. The van der Waals surface area contributed by atoms with Gasteiger partial charge in [0.25, 0.3) is 0 Å². The number of rotatable bonds is 8. The first-order chi connectivity index (χ1) is 18.5. The highest BCUT2D eigenvalue weighted by Gasteiger charge is 2.43. The van der Waals surface area contributed by atoms with E-state index in [1.165, 1.54) is 18.4 Å². The number of amides is 1. The maximum absolute atomic E-state index is 13.9. The fourth-order valence-corrected chi connectivity index (χ4v) is 6.63. The number of nitrogens with zero attached hydrogens (tertiary/aromatic N) is 4. The predicted molar refractivity (Wildman–Crippen MR) is 148 cm³/mol. The summed E-state index contributed by atoms with van der Waals surface area (Å²) in [7, 11) is 0. The van der Waals surface area contributed by atoms with Crippen LogP contribution in [0.1, 0.15) is 94.2 Å². The van der Waals surface area contributed by atoms with Crippen LogP contribution in [0, 0.1) is 5.92 Å². The van der Waals surface area contributed by atoms with Gasteiger partial charge in [0.1, 0.15) is 0 Å². The van der Waals surface area contributed by atoms with Gasteiger partial charge in [0.15, 0.2) is 0 Å². The number of carbonyl (C=O) groups is 1. The van der Waals surface area contributed by atoms with Crippen molar-refractivity contribution in [3.05, 3.63) is 60.2 Å². The second kappa shape index (κ2) is 10.7. The van der Waals surface area contributed by atoms with Gasteiger partial charge < -0.3 is 10.4 Å². The summed E-state index contributed by atoms with van der Waals surface area (Å²) in [4.78, 5) is 13.9. The number of aryl methyl sites for hydroxylation is 1. The van der Waals surface area contributed by atoms with Crippen LogP contribution in [0.15, 0.2) is 49.1 Å². The molecule has 2 aromatic heterocycles. The summed E-state index contributed by atoms with van der Waals surface area (Å²) in [5.41, 5.74) is 4.05. The van der Waals surface area contributed by atoms with Crippen molar-refractivity contribution in [1.82, 2.24) is 24.9 Å². The molecule has 0 atom stereocenters. The Morgan fingerprint density at radius 3 is 2.50 bits per heavy atom. The topological polar surface area (TPSA) is 85.0 Å². The van der Waals surface area contributed by atoms with E-state index in [-0.39, 0.29) is 12.0 Å². The summed E-state index contributed by atoms with van der Waals surface area (Å²) < 4.78 is 4.09. The molecule has 2 heterocycles. The molecule has 1 aromatic carbocycles. The molecule has 0 spiro atoms. The van der Waals surface area contributed by atoms with Crippen LogP contribution in [-0.4, -0.2) is 43.2 Å². The van der Waals surface area contributed by atoms with Crippen molar-refractivity contribution < 1.29 is 9.90 Å². The highest BCUT2D eigenvalue weighted by molar-refractivity contribution is 5.89. The van der Waals surface area contributed by atoms with E-state index in [0.29, 0.717) is 43.6 Å². The standard InChI is InChI=1S/C31H41N5O2/c1-2-35-20-25(18-33-35)23-8-6-22(7-9-23)17-32-30(38)31(14-12-29(37)13-15-31)27-5-3-4-24(16-27)26-19-34-36(21-26)28-10-11-28/h3-5,16,18-23,28-29,37H,2,6-15,17H2,1H3,(H,32,38)/t22-,23-,29?,31?. The van der Waals surface area contributed by atoms with Crippen molar-refractivity contribution in [2.24, 2.45) is 5.92 Å². The van der Waals surface area contributed by atoms with E-state index in [4.69, 9.17) is 0 Å². The number of benzene rings is 1. The summed E-state index contributed by atoms with van der Waals surface area (Å²) >= 11 is 0. The molecule has 3 saturated carbocycles. The summed E-state index contributed by atoms with van der Waals surface area (Å²) in [6, 6.07) is 9.03. The van der Waals surface area contributed by atoms with E-state index < -0.39 is 5.41 Å². The van der Waals surface area contributed by atoms with Crippen LogP contribution in [0.3, 0.4) is 0 Å². The molecule has 0 unspecified atom stereocenters. The second-order valence-corrected chi connectivity index (χ2v) is 11.9. The minimum Gasteiger partial charge on any atom is -0.393 e. The Morgan fingerprint density at radius 2 is 1.79 bits per heavy atom. The van der Waals surface area contributed by atoms with E-state index in [2.05, 4.69) is 63.8 Å². The Labute approximate surface area is 225 Å². The molecule has 3 fully saturated rings. The summed E-state index contributed by atoms with van der Waals surface area (Å²) in [5.74, 6) is 1.23. The van der Waals surface area contributed by atoms with Crippen molar-refractivity contribution >= 4 is 5.91 Å². The van der Waals surface area contributed by atoms with Crippen LogP contribution in [0.25, 0.3) is 11.1 Å². The summed E-state index contributed by atoms with van der Waals surface area (Å²) in [6.07, 6.45) is 17.7. The summed E-state index contributed by atoms with van der Waals surface area (Å²) in [5, 5.41) is 22.7. The number of hydrogen-bond donors (Lipinski definition) is 2. The van der Waals surface area contributed by atoms with Crippen LogP contribution in [0.2, 0.25) is 0 Å². The van der Waals surface area contributed by atoms with Crippen molar-refractivity contribution in [3.8, 4) is 11.1 Å². The van der Waals surface area contributed by atoms with Crippen molar-refractivity contribution in [1.29, 1.82) is 0 Å². The van der Waals surface area contributed by atoms with Crippen molar-refractivity contribution in [2.45, 2.75) is 101 Å². The predicted octanol–water partition coefficient (Wildman–Crippen LogP) is 5.36. The van der Waals surface area contributed by atoms with Crippen LogP contribution in [0.5, 0.6) is 0 Å². The normalized spacial score (nSPS) is 27.8. The molecule has 0 aliphatic heterocycles. The summed E-state index contributed by atoms with van der Waals surface area (Å²) in [6.45, 7) is 3.76. The van der Waals surface area contributed by atoms with Gasteiger partial charge in [-0.15, -0.1) is 0 Å². The molecule has 2 N–H and O–H groups in total. The molecular formula is C31H41N5O2. The molecule has 6 rings (SSSR count). The zero-order valence-electron chi connectivity index (χ0n) is 22.6. The maximum atomic E-state index is 13.9. The SMILES string of the molecule is CCn1cc([C@H]2CC[C@H](CNC(=O)C3(c4cccc(-c5cnn(C6CC6)c5)c4)CCC(O)CC3)CC2)cn1. The number of nitrogens with one attached hydrogen (secondary N) is 1. The lowest BCUT2D eigenvalue weighted by atomic mass is 9.67. The van der Waals surface area contributed by atoms with Gasteiger partial charge >= 0.3 is 0 Å². The fourth-order valence-electron chi connectivity index (χ4n) is 6.63. The van der Waals surface area contributed by atoms with Crippen LogP contribution < -0.4 is 5.32 Å². The number of hydrogen-bond acceptors (Lipinski definition) is 4. The molecule has 0 radical (unpaired) electrons. The Morgan fingerprint density at radius 1 is 1.00 bits per heavy atom. The second-order valence-electron chi connectivity index (χ2n) is 11.9. The van der Waals surface area contributed by atoms with E-state index in [1.54, 1.807) is 0 Å². The number of aromatic nitrogens is 4. The molecule has 7 nitrogen and oxygen atoms in total. The Kier molecular flexibility index (Phi) is 7.12. The highest BCUT2D eigenvalue weighted by atomic mass is 16.3. The zero-order chi connectivity index (χ0) is 26.1. The quantitative estimate of drug-likeness (QED) is 0.423. The molecule has 3 aliphatic carbocycles. The third-order valence-corrected chi connectivity index (χ3v) is 9.36. The number of carbonyl (C=O) groups excluding carboxylic acids is 1. The lowest BCUT2D eigenvalue weighted by Crippen LogP contribution is -2.48. The van der Waals surface area contributed by atoms with Gasteiger partial charge in [-0.25, -0.2) is 0 Å². The molecule has 3 aromatic rings. The Balaban J connectivity index is 1.13. The van der Waals surface area contributed by atoms with Gasteiger partial charge in [0.05, 0.1) is 30.0 Å². The van der Waals surface area contributed by atoms with E-state index in [1.807, 2.05) is 17.1 Å². The largest absolute Gasteiger partial charge is 0.393 e. The third kappa shape index (κ3) is 5.18. The van der Waals surface area contributed by atoms with Gasteiger partial charge in [-0.1, -0.05) is 18.2 Å². The van der Waals surface area contributed by atoms with Gasteiger partial charge in [0, 0.05) is 31.0 Å². The van der Waals surface area contributed by atoms with Gasteiger partial charge in [0.2, 0.25) is 5.91 Å². The molecule has 7 heteroatoms. The number of aliphatic hydroxyl groups excluding tert-OH is 1. The lowest BCUT2D eigenvalue weighted by Gasteiger charge is -2.39. The van der Waals surface area contributed by atoms with Gasteiger partial charge in [-0.2, -0.15) is 10.2 Å². The lowest BCUT2D eigenvalue weighted by molar-refractivity contribution is -0.129. The van der Waals surface area contributed by atoms with Crippen LogP contribution in [0.4, 0.5) is 0 Å². The molecule has 0 saturated heterocycles. The molecule has 3 aliphatic rings. The third-order valence-electron chi connectivity index (χ3n) is 9.36. The first-order valence-corrected chi connectivity index (χ1v) is 14.7. The zero-order valence-corrected chi connectivity index (χ0v) is 22.6. The smallest absolute Gasteiger partial charge is 0.230 e. The first-order valence-electron chi connectivity index (χ1n) is 14.7. The average Bonchev–Trinajstić information content (AvgIpc) is 3.48. The van der Waals surface area contributed by atoms with Gasteiger partial charge in [-0.3, -0.25) is 14.2 Å². The van der Waals surface area contributed by atoms with Gasteiger partial charge in [-0.05, 0) is 106 Å². The van der Waals surface area contributed by atoms with E-state index >= 15 is 0 Å². The molecule has 202 valence electrons.